The second-order valence-corrected chi connectivity index (χ2v) is 4.55. The molecule has 1 aromatic heterocycles. The van der Waals surface area contributed by atoms with Crippen LogP contribution in [0.2, 0.25) is 0 Å². The Kier molecular flexibility index (Phi) is 2.63. The summed E-state index contributed by atoms with van der Waals surface area (Å²) in [6, 6.07) is 3.77. The molecule has 1 unspecified atom stereocenters. The highest BCUT2D eigenvalue weighted by Gasteiger charge is 2.24. The van der Waals surface area contributed by atoms with Gasteiger partial charge in [-0.15, -0.1) is 0 Å². The number of hydrogen-bond acceptors (Lipinski definition) is 3. The first-order valence-corrected chi connectivity index (χ1v) is 5.81. The van der Waals surface area contributed by atoms with Crippen molar-refractivity contribution >= 4 is 0 Å². The van der Waals surface area contributed by atoms with E-state index in [0.29, 0.717) is 18.3 Å². The highest BCUT2D eigenvalue weighted by atomic mass is 19.1. The maximum atomic E-state index is 13.7. The van der Waals surface area contributed by atoms with Crippen molar-refractivity contribution in [2.24, 2.45) is 0 Å². The Hall–Kier alpha value is -1.75. The van der Waals surface area contributed by atoms with Crippen molar-refractivity contribution in [1.29, 1.82) is 0 Å². The van der Waals surface area contributed by atoms with Gasteiger partial charge in [0.05, 0.1) is 11.3 Å². The van der Waals surface area contributed by atoms with E-state index >= 15 is 0 Å². The van der Waals surface area contributed by atoms with Gasteiger partial charge in [-0.1, -0.05) is 5.16 Å². The Morgan fingerprint density at radius 1 is 1.39 bits per heavy atom. The third-order valence-electron chi connectivity index (χ3n) is 3.17. The number of aromatic nitrogens is 1. The molecule has 0 aliphatic carbocycles. The Bertz CT molecular complexity index is 595. The Morgan fingerprint density at radius 3 is 3.00 bits per heavy atom. The molecule has 0 amide bonds. The molecule has 0 bridgehead atoms. The fourth-order valence-corrected chi connectivity index (χ4v) is 2.21. The van der Waals surface area contributed by atoms with Gasteiger partial charge in [0.2, 0.25) is 0 Å². The van der Waals surface area contributed by atoms with Crippen LogP contribution in [0.4, 0.5) is 8.78 Å². The van der Waals surface area contributed by atoms with Gasteiger partial charge in [-0.25, -0.2) is 8.78 Å². The van der Waals surface area contributed by atoms with Gasteiger partial charge >= 0.3 is 0 Å². The van der Waals surface area contributed by atoms with Crippen LogP contribution in [0.1, 0.15) is 18.2 Å². The molecule has 94 valence electrons. The molecule has 1 aliphatic heterocycles. The number of nitrogens with zero attached hydrogens (tertiary/aromatic N) is 1. The molecular formula is C13H12F2N2O. The van der Waals surface area contributed by atoms with Gasteiger partial charge < -0.3 is 9.84 Å². The lowest BCUT2D eigenvalue weighted by molar-refractivity contribution is 0.416. The summed E-state index contributed by atoms with van der Waals surface area (Å²) in [4.78, 5) is 0. The minimum absolute atomic E-state index is 0.251. The summed E-state index contributed by atoms with van der Waals surface area (Å²) in [6.45, 7) is 2.64. The van der Waals surface area contributed by atoms with Gasteiger partial charge in [0.1, 0.15) is 11.6 Å². The minimum Gasteiger partial charge on any atom is -0.356 e. The molecule has 0 spiro atoms. The van der Waals surface area contributed by atoms with Crippen LogP contribution in [0.5, 0.6) is 0 Å². The standard InChI is InChI=1S/C13H12F2N2O/c1-7-4-12-10(6-16-7)13(18-17-12)9-3-2-8(14)5-11(9)15/h2-3,5,7,16H,4,6H2,1H3. The number of halogens is 2. The average Bonchev–Trinajstić information content (AvgIpc) is 2.72. The van der Waals surface area contributed by atoms with Crippen LogP contribution >= 0.6 is 0 Å². The molecule has 18 heavy (non-hydrogen) atoms. The molecule has 0 saturated heterocycles. The van der Waals surface area contributed by atoms with Crippen molar-refractivity contribution in [3.8, 4) is 11.3 Å². The molecule has 0 saturated carbocycles. The van der Waals surface area contributed by atoms with E-state index in [0.717, 1.165) is 23.7 Å². The predicted molar refractivity (Wildman–Crippen MR) is 61.9 cm³/mol. The van der Waals surface area contributed by atoms with Gasteiger partial charge in [-0.05, 0) is 19.1 Å². The zero-order valence-corrected chi connectivity index (χ0v) is 9.84. The molecule has 3 rings (SSSR count). The summed E-state index contributed by atoms with van der Waals surface area (Å²) >= 11 is 0. The average molecular weight is 250 g/mol. The number of nitrogens with one attached hydrogen (secondary N) is 1. The third-order valence-corrected chi connectivity index (χ3v) is 3.17. The van der Waals surface area contributed by atoms with Gasteiger partial charge in [0, 0.05) is 30.6 Å². The molecule has 3 nitrogen and oxygen atoms in total. The predicted octanol–water partition coefficient (Wildman–Crippen LogP) is 2.65. The van der Waals surface area contributed by atoms with Crippen LogP contribution < -0.4 is 5.32 Å². The first-order chi connectivity index (χ1) is 8.65. The van der Waals surface area contributed by atoms with E-state index in [4.69, 9.17) is 4.52 Å². The van der Waals surface area contributed by atoms with E-state index in [1.165, 1.54) is 12.1 Å². The highest BCUT2D eigenvalue weighted by Crippen LogP contribution is 2.31. The molecular weight excluding hydrogens is 238 g/mol. The lowest BCUT2D eigenvalue weighted by Gasteiger charge is -2.18. The van der Waals surface area contributed by atoms with Crippen LogP contribution in [-0.4, -0.2) is 11.2 Å². The Morgan fingerprint density at radius 2 is 2.22 bits per heavy atom. The summed E-state index contributed by atoms with van der Waals surface area (Å²) in [7, 11) is 0. The van der Waals surface area contributed by atoms with Crippen LogP contribution in [0.25, 0.3) is 11.3 Å². The van der Waals surface area contributed by atoms with E-state index in [1.54, 1.807) is 0 Å². The van der Waals surface area contributed by atoms with Gasteiger partial charge in [-0.2, -0.15) is 0 Å². The number of hydrogen-bond donors (Lipinski definition) is 1. The maximum absolute atomic E-state index is 13.7. The molecule has 1 N–H and O–H groups in total. The summed E-state index contributed by atoms with van der Waals surface area (Å²) in [5, 5.41) is 7.24. The van der Waals surface area contributed by atoms with Crippen molar-refractivity contribution < 1.29 is 13.3 Å². The van der Waals surface area contributed by atoms with Crippen molar-refractivity contribution in [1.82, 2.24) is 10.5 Å². The maximum Gasteiger partial charge on any atom is 0.174 e. The van der Waals surface area contributed by atoms with Crippen molar-refractivity contribution in [3.63, 3.8) is 0 Å². The Labute approximate surface area is 103 Å². The van der Waals surface area contributed by atoms with E-state index in [1.807, 2.05) is 0 Å². The monoisotopic (exact) mass is 250 g/mol. The molecule has 2 aromatic rings. The summed E-state index contributed by atoms with van der Waals surface area (Å²) in [5.41, 5.74) is 1.96. The normalized spacial score (nSPS) is 18.7. The van der Waals surface area contributed by atoms with Gasteiger partial charge in [0.15, 0.2) is 5.76 Å². The number of rotatable bonds is 1. The highest BCUT2D eigenvalue weighted by molar-refractivity contribution is 5.63. The second kappa shape index (κ2) is 4.17. The second-order valence-electron chi connectivity index (χ2n) is 4.55. The molecule has 5 heteroatoms. The molecule has 2 heterocycles. The summed E-state index contributed by atoms with van der Waals surface area (Å²) < 4.78 is 31.8. The van der Waals surface area contributed by atoms with E-state index < -0.39 is 11.6 Å². The SMILES string of the molecule is CC1Cc2noc(-c3ccc(F)cc3F)c2CN1. The van der Waals surface area contributed by atoms with Crippen LogP contribution in [-0.2, 0) is 13.0 Å². The molecule has 0 fully saturated rings. The summed E-state index contributed by atoms with van der Waals surface area (Å²) in [6.07, 6.45) is 0.752. The quantitative estimate of drug-likeness (QED) is 0.845. The Balaban J connectivity index is 2.08. The third kappa shape index (κ3) is 1.80. The van der Waals surface area contributed by atoms with Crippen LogP contribution in [0, 0.1) is 11.6 Å². The van der Waals surface area contributed by atoms with E-state index in [9.17, 15) is 8.78 Å². The molecule has 1 atom stereocenters. The fraction of sp³-hybridized carbons (Fsp3) is 0.308. The van der Waals surface area contributed by atoms with Crippen molar-refractivity contribution in [3.05, 3.63) is 41.1 Å². The smallest absolute Gasteiger partial charge is 0.174 e. The van der Waals surface area contributed by atoms with E-state index in [-0.39, 0.29) is 5.56 Å². The zero-order chi connectivity index (χ0) is 12.7. The lowest BCUT2D eigenvalue weighted by Crippen LogP contribution is -2.32. The number of benzene rings is 1. The van der Waals surface area contributed by atoms with Crippen LogP contribution in [0.15, 0.2) is 22.7 Å². The van der Waals surface area contributed by atoms with Crippen LogP contribution in [0.3, 0.4) is 0 Å². The largest absolute Gasteiger partial charge is 0.356 e. The first-order valence-electron chi connectivity index (χ1n) is 5.81. The molecule has 1 aromatic carbocycles. The van der Waals surface area contributed by atoms with Crippen molar-refractivity contribution in [2.45, 2.75) is 25.9 Å². The minimum atomic E-state index is -0.632. The topological polar surface area (TPSA) is 38.1 Å². The molecule has 0 radical (unpaired) electrons. The zero-order valence-electron chi connectivity index (χ0n) is 9.84. The molecule has 1 aliphatic rings. The fourth-order valence-electron chi connectivity index (χ4n) is 2.21. The van der Waals surface area contributed by atoms with Gasteiger partial charge in [-0.3, -0.25) is 0 Å². The lowest BCUT2D eigenvalue weighted by atomic mass is 9.99. The number of fused-ring (bicyclic) bond motifs is 1. The van der Waals surface area contributed by atoms with Crippen molar-refractivity contribution in [2.75, 3.05) is 0 Å². The van der Waals surface area contributed by atoms with E-state index in [2.05, 4.69) is 17.4 Å². The first kappa shape index (κ1) is 11.3. The summed E-state index contributed by atoms with van der Waals surface area (Å²) in [5.74, 6) is -0.842. The van der Waals surface area contributed by atoms with Gasteiger partial charge in [0.25, 0.3) is 0 Å².